The Morgan fingerprint density at radius 1 is 1.37 bits per heavy atom. The van der Waals surface area contributed by atoms with E-state index >= 15 is 0 Å². The highest BCUT2D eigenvalue weighted by molar-refractivity contribution is 5.35. The van der Waals surface area contributed by atoms with Gasteiger partial charge in [-0.05, 0) is 6.54 Å². The lowest BCUT2D eigenvalue weighted by Gasteiger charge is -2.18. The van der Waals surface area contributed by atoms with E-state index < -0.39 is 0 Å². The van der Waals surface area contributed by atoms with Crippen LogP contribution in [0.1, 0.15) is 18.4 Å². The van der Waals surface area contributed by atoms with Crippen LogP contribution < -0.4 is 10.2 Å². The van der Waals surface area contributed by atoms with Crippen molar-refractivity contribution in [1.29, 1.82) is 0 Å². The van der Waals surface area contributed by atoms with E-state index in [9.17, 15) is 0 Å². The Bertz CT molecular complexity index is 521. The van der Waals surface area contributed by atoms with Crippen molar-refractivity contribution in [1.82, 2.24) is 24.8 Å². The van der Waals surface area contributed by atoms with Crippen LogP contribution in [0, 0.1) is 0 Å². The van der Waals surface area contributed by atoms with Crippen LogP contribution in [-0.2, 0) is 20.1 Å². The monoisotopic (exact) mass is 260 g/mol. The van der Waals surface area contributed by atoms with Gasteiger partial charge in [0.25, 0.3) is 0 Å². The smallest absolute Gasteiger partial charge is 0.147 e. The van der Waals surface area contributed by atoms with Gasteiger partial charge in [-0.3, -0.25) is 4.98 Å². The van der Waals surface area contributed by atoms with Crippen molar-refractivity contribution in [2.75, 3.05) is 18.5 Å². The van der Waals surface area contributed by atoms with Crippen molar-refractivity contribution in [3.8, 4) is 0 Å². The molecule has 0 saturated heterocycles. The zero-order valence-corrected chi connectivity index (χ0v) is 11.7. The summed E-state index contributed by atoms with van der Waals surface area (Å²) in [6, 6.07) is 0. The Morgan fingerprint density at radius 2 is 2.21 bits per heavy atom. The molecule has 2 rings (SSSR count). The number of anilines is 1. The second kappa shape index (κ2) is 6.29. The summed E-state index contributed by atoms with van der Waals surface area (Å²) in [5.74, 6) is 1.86. The molecule has 0 spiro atoms. The van der Waals surface area contributed by atoms with Gasteiger partial charge >= 0.3 is 0 Å². The topological polar surface area (TPSA) is 58.9 Å². The Kier molecular flexibility index (Phi) is 4.46. The fourth-order valence-corrected chi connectivity index (χ4v) is 1.76. The molecule has 0 fully saturated rings. The van der Waals surface area contributed by atoms with Crippen molar-refractivity contribution >= 4 is 5.82 Å². The highest BCUT2D eigenvalue weighted by Gasteiger charge is 2.08. The quantitative estimate of drug-likeness (QED) is 0.838. The summed E-state index contributed by atoms with van der Waals surface area (Å²) in [5, 5.41) is 3.25. The van der Waals surface area contributed by atoms with Crippen LogP contribution >= 0.6 is 0 Å². The first-order chi connectivity index (χ1) is 9.20. The molecule has 2 aromatic rings. The molecule has 0 aromatic carbocycles. The normalized spacial score (nSPS) is 10.7. The van der Waals surface area contributed by atoms with Crippen molar-refractivity contribution in [3.63, 3.8) is 0 Å². The van der Waals surface area contributed by atoms with E-state index in [0.29, 0.717) is 6.54 Å². The van der Waals surface area contributed by atoms with E-state index in [-0.39, 0.29) is 0 Å². The Labute approximate surface area is 113 Å². The van der Waals surface area contributed by atoms with Gasteiger partial charge in [0.15, 0.2) is 0 Å². The van der Waals surface area contributed by atoms with Gasteiger partial charge < -0.3 is 14.8 Å². The van der Waals surface area contributed by atoms with Crippen molar-refractivity contribution in [3.05, 3.63) is 36.3 Å². The molecule has 6 nitrogen and oxygen atoms in total. The van der Waals surface area contributed by atoms with E-state index in [1.54, 1.807) is 18.6 Å². The fourth-order valence-electron chi connectivity index (χ4n) is 1.76. The molecule has 2 heterocycles. The van der Waals surface area contributed by atoms with Crippen LogP contribution in [0.25, 0.3) is 0 Å². The van der Waals surface area contributed by atoms with Gasteiger partial charge in [0.05, 0.1) is 18.4 Å². The molecule has 102 valence electrons. The van der Waals surface area contributed by atoms with Crippen LogP contribution in [0.3, 0.4) is 0 Å². The average Bonchev–Trinajstić information content (AvgIpc) is 2.82. The summed E-state index contributed by atoms with van der Waals surface area (Å²) in [6.45, 7) is 4.45. The van der Waals surface area contributed by atoms with Crippen molar-refractivity contribution in [2.45, 2.75) is 20.0 Å². The van der Waals surface area contributed by atoms with Crippen LogP contribution in [0.5, 0.6) is 0 Å². The van der Waals surface area contributed by atoms with Crippen LogP contribution in [0.2, 0.25) is 0 Å². The van der Waals surface area contributed by atoms with Gasteiger partial charge in [0.1, 0.15) is 11.6 Å². The Morgan fingerprint density at radius 3 is 2.89 bits per heavy atom. The van der Waals surface area contributed by atoms with Crippen molar-refractivity contribution in [2.24, 2.45) is 7.05 Å². The Balaban J connectivity index is 2.06. The van der Waals surface area contributed by atoms with E-state index in [0.717, 1.165) is 30.4 Å². The number of imidazole rings is 1. The van der Waals surface area contributed by atoms with Crippen LogP contribution in [0.4, 0.5) is 5.82 Å². The zero-order valence-electron chi connectivity index (χ0n) is 11.7. The summed E-state index contributed by atoms with van der Waals surface area (Å²) < 4.78 is 2.01. The molecule has 19 heavy (non-hydrogen) atoms. The van der Waals surface area contributed by atoms with E-state index in [2.05, 4.69) is 27.2 Å². The number of rotatable bonds is 6. The molecular formula is C13H20N6. The first-order valence-electron chi connectivity index (χ1n) is 6.39. The summed E-state index contributed by atoms with van der Waals surface area (Å²) in [6.07, 6.45) is 7.31. The lowest BCUT2D eigenvalue weighted by molar-refractivity contribution is 0.701. The summed E-state index contributed by atoms with van der Waals surface area (Å²) in [7, 11) is 3.99. The Hall–Kier alpha value is -1.95. The number of hydrogen-bond donors (Lipinski definition) is 1. The third-order valence-electron chi connectivity index (χ3n) is 2.92. The minimum absolute atomic E-state index is 0.711. The number of nitrogens with one attached hydrogen (secondary N) is 1. The summed E-state index contributed by atoms with van der Waals surface area (Å²) in [5.41, 5.74) is 0.950. The number of hydrogen-bond acceptors (Lipinski definition) is 5. The lowest BCUT2D eigenvalue weighted by atomic mass is 10.4. The minimum Gasteiger partial charge on any atom is -0.351 e. The third-order valence-corrected chi connectivity index (χ3v) is 2.92. The van der Waals surface area contributed by atoms with E-state index in [1.807, 2.05) is 29.8 Å². The molecule has 0 aliphatic heterocycles. The average molecular weight is 260 g/mol. The van der Waals surface area contributed by atoms with Gasteiger partial charge in [-0.15, -0.1) is 0 Å². The van der Waals surface area contributed by atoms with Gasteiger partial charge in [-0.25, -0.2) is 9.97 Å². The number of aryl methyl sites for hydroxylation is 1. The molecule has 6 heteroatoms. The van der Waals surface area contributed by atoms with Crippen LogP contribution in [0.15, 0.2) is 24.8 Å². The molecule has 0 atom stereocenters. The highest BCUT2D eigenvalue weighted by atomic mass is 15.2. The molecule has 0 aliphatic rings. The standard InChI is InChI=1S/C13H20N6/c1-4-14-7-11-8-15-9-12(17-11)19(3)10-13-16-5-6-18(13)2/h5-6,8-9,14H,4,7,10H2,1-3H3. The number of aromatic nitrogens is 4. The van der Waals surface area contributed by atoms with Gasteiger partial charge in [-0.1, -0.05) is 6.92 Å². The molecule has 0 bridgehead atoms. The maximum atomic E-state index is 4.58. The molecular weight excluding hydrogens is 240 g/mol. The number of nitrogens with zero attached hydrogens (tertiary/aromatic N) is 5. The van der Waals surface area contributed by atoms with Gasteiger partial charge in [0, 0.05) is 39.2 Å². The second-order valence-electron chi connectivity index (χ2n) is 4.46. The molecule has 0 unspecified atom stereocenters. The first kappa shape index (κ1) is 13.5. The maximum absolute atomic E-state index is 4.58. The molecule has 2 aromatic heterocycles. The minimum atomic E-state index is 0.711. The fraction of sp³-hybridized carbons (Fsp3) is 0.462. The van der Waals surface area contributed by atoms with Gasteiger partial charge in [0.2, 0.25) is 0 Å². The van der Waals surface area contributed by atoms with Crippen molar-refractivity contribution < 1.29 is 0 Å². The summed E-state index contributed by atoms with van der Waals surface area (Å²) >= 11 is 0. The first-order valence-corrected chi connectivity index (χ1v) is 6.39. The molecule has 1 N–H and O–H groups in total. The molecule has 0 radical (unpaired) electrons. The van der Waals surface area contributed by atoms with Crippen LogP contribution in [-0.4, -0.2) is 33.1 Å². The SMILES string of the molecule is CCNCc1cncc(N(C)Cc2nccn2C)n1. The third kappa shape index (κ3) is 3.51. The largest absolute Gasteiger partial charge is 0.351 e. The zero-order chi connectivity index (χ0) is 13.7. The lowest BCUT2D eigenvalue weighted by Crippen LogP contribution is -2.21. The molecule has 0 aliphatic carbocycles. The maximum Gasteiger partial charge on any atom is 0.147 e. The predicted octanol–water partition coefficient (Wildman–Crippen LogP) is 0.956. The van der Waals surface area contributed by atoms with Gasteiger partial charge in [-0.2, -0.15) is 0 Å². The highest BCUT2D eigenvalue weighted by Crippen LogP contribution is 2.10. The van der Waals surface area contributed by atoms with E-state index in [4.69, 9.17) is 0 Å². The van der Waals surface area contributed by atoms with E-state index in [1.165, 1.54) is 0 Å². The summed E-state index contributed by atoms with van der Waals surface area (Å²) in [4.78, 5) is 15.2. The molecule has 0 saturated carbocycles. The predicted molar refractivity (Wildman–Crippen MR) is 74.7 cm³/mol. The molecule has 0 amide bonds. The second-order valence-corrected chi connectivity index (χ2v) is 4.46.